The van der Waals surface area contributed by atoms with Gasteiger partial charge in [0.2, 0.25) is 0 Å². The highest BCUT2D eigenvalue weighted by Gasteiger charge is 2.26. The van der Waals surface area contributed by atoms with Gasteiger partial charge in [0.05, 0.1) is 0 Å². The second-order valence-electron chi connectivity index (χ2n) is 6.45. The van der Waals surface area contributed by atoms with Gasteiger partial charge in [0.15, 0.2) is 0 Å². The van der Waals surface area contributed by atoms with Crippen LogP contribution in [0.15, 0.2) is 48.5 Å². The van der Waals surface area contributed by atoms with Crippen molar-refractivity contribution in [3.63, 3.8) is 0 Å². The van der Waals surface area contributed by atoms with Crippen molar-refractivity contribution in [1.82, 2.24) is 0 Å². The molecule has 2 atom stereocenters. The Morgan fingerprint density at radius 3 is 1.60 bits per heavy atom. The largest absolute Gasteiger partial charge is 0.0620 e. The van der Waals surface area contributed by atoms with E-state index >= 15 is 0 Å². The van der Waals surface area contributed by atoms with Gasteiger partial charge in [-0.25, -0.2) is 0 Å². The van der Waals surface area contributed by atoms with Gasteiger partial charge >= 0.3 is 0 Å². The highest BCUT2D eigenvalue weighted by atomic mass is 14.3. The fraction of sp³-hybridized carbons (Fsp3) is 0.400. The molecule has 2 aliphatic carbocycles. The van der Waals surface area contributed by atoms with Gasteiger partial charge in [-0.3, -0.25) is 0 Å². The van der Waals surface area contributed by atoms with E-state index in [-0.39, 0.29) is 0 Å². The lowest BCUT2D eigenvalue weighted by Crippen LogP contribution is -1.99. The Kier molecular flexibility index (Phi) is 3.10. The van der Waals surface area contributed by atoms with Gasteiger partial charge in [-0.2, -0.15) is 0 Å². The molecule has 0 saturated heterocycles. The standard InChI is InChI=1S/C20H22/c1-3-7-19-15(5-1)9-11-17(19)13-14-18-12-10-16-6-2-4-8-20(16)18/h1-8,17-18H,9-14H2/t17-,18-/m0/s1. The first-order valence-electron chi connectivity index (χ1n) is 8.07. The molecule has 0 amide bonds. The normalized spacial score (nSPS) is 23.6. The summed E-state index contributed by atoms with van der Waals surface area (Å²) in [5.41, 5.74) is 6.48. The molecule has 0 radical (unpaired) electrons. The van der Waals surface area contributed by atoms with Crippen LogP contribution in [0.2, 0.25) is 0 Å². The molecule has 20 heavy (non-hydrogen) atoms. The average Bonchev–Trinajstić information content (AvgIpc) is 3.09. The molecule has 102 valence electrons. The van der Waals surface area contributed by atoms with E-state index in [1.165, 1.54) is 38.5 Å². The Morgan fingerprint density at radius 1 is 0.650 bits per heavy atom. The van der Waals surface area contributed by atoms with E-state index in [9.17, 15) is 0 Å². The number of fused-ring (bicyclic) bond motifs is 2. The first-order valence-corrected chi connectivity index (χ1v) is 8.07. The van der Waals surface area contributed by atoms with Crippen molar-refractivity contribution in [2.24, 2.45) is 0 Å². The predicted molar refractivity (Wildman–Crippen MR) is 84.2 cm³/mol. The molecule has 0 heteroatoms. The molecule has 2 aromatic carbocycles. The fourth-order valence-corrected chi connectivity index (χ4v) is 4.29. The lowest BCUT2D eigenvalue weighted by Gasteiger charge is -2.16. The monoisotopic (exact) mass is 262 g/mol. The molecule has 0 heterocycles. The van der Waals surface area contributed by atoms with Gasteiger partial charge in [-0.05, 0) is 72.6 Å². The molecule has 0 aliphatic heterocycles. The summed E-state index contributed by atoms with van der Waals surface area (Å²) in [5.74, 6) is 1.64. The number of hydrogen-bond acceptors (Lipinski definition) is 0. The topological polar surface area (TPSA) is 0 Å². The molecule has 0 fully saturated rings. The Morgan fingerprint density at radius 2 is 1.10 bits per heavy atom. The quantitative estimate of drug-likeness (QED) is 0.710. The summed E-state index contributed by atoms with van der Waals surface area (Å²) >= 11 is 0. The van der Waals surface area contributed by atoms with Gasteiger partial charge in [-0.1, -0.05) is 48.5 Å². The molecule has 0 aromatic heterocycles. The van der Waals surface area contributed by atoms with Crippen LogP contribution in [0.25, 0.3) is 0 Å². The lowest BCUT2D eigenvalue weighted by atomic mass is 9.89. The Labute approximate surface area is 121 Å². The Hall–Kier alpha value is -1.56. The van der Waals surface area contributed by atoms with E-state index in [2.05, 4.69) is 48.5 Å². The summed E-state index contributed by atoms with van der Waals surface area (Å²) in [6, 6.07) is 18.2. The van der Waals surface area contributed by atoms with Crippen LogP contribution in [0.1, 0.15) is 59.8 Å². The minimum atomic E-state index is 0.818. The second kappa shape index (κ2) is 5.09. The molecule has 0 saturated carbocycles. The van der Waals surface area contributed by atoms with Crippen molar-refractivity contribution in [3.8, 4) is 0 Å². The lowest BCUT2D eigenvalue weighted by molar-refractivity contribution is 0.521. The van der Waals surface area contributed by atoms with Gasteiger partial charge in [0, 0.05) is 0 Å². The van der Waals surface area contributed by atoms with E-state index in [1.54, 1.807) is 22.3 Å². The summed E-state index contributed by atoms with van der Waals surface area (Å²) in [6.07, 6.45) is 8.07. The Balaban J connectivity index is 1.45. The van der Waals surface area contributed by atoms with Crippen LogP contribution in [-0.2, 0) is 12.8 Å². The molecule has 0 unspecified atom stereocenters. The van der Waals surface area contributed by atoms with E-state index in [0.717, 1.165) is 11.8 Å². The van der Waals surface area contributed by atoms with Crippen LogP contribution < -0.4 is 0 Å². The number of hydrogen-bond donors (Lipinski definition) is 0. The fourth-order valence-electron chi connectivity index (χ4n) is 4.29. The number of benzene rings is 2. The van der Waals surface area contributed by atoms with Crippen LogP contribution in [0.5, 0.6) is 0 Å². The van der Waals surface area contributed by atoms with Crippen LogP contribution in [0.4, 0.5) is 0 Å². The average molecular weight is 262 g/mol. The van der Waals surface area contributed by atoms with Crippen LogP contribution in [0.3, 0.4) is 0 Å². The van der Waals surface area contributed by atoms with Crippen molar-refractivity contribution >= 4 is 0 Å². The van der Waals surface area contributed by atoms with Gasteiger partial charge in [-0.15, -0.1) is 0 Å². The molecule has 4 rings (SSSR count). The summed E-state index contributed by atoms with van der Waals surface area (Å²) in [4.78, 5) is 0. The molecule has 0 bridgehead atoms. The van der Waals surface area contributed by atoms with Crippen LogP contribution in [-0.4, -0.2) is 0 Å². The molecule has 0 N–H and O–H groups in total. The summed E-state index contributed by atoms with van der Waals surface area (Å²) in [6.45, 7) is 0. The van der Waals surface area contributed by atoms with Crippen molar-refractivity contribution < 1.29 is 0 Å². The second-order valence-corrected chi connectivity index (χ2v) is 6.45. The molecule has 0 nitrogen and oxygen atoms in total. The minimum Gasteiger partial charge on any atom is -0.0620 e. The zero-order chi connectivity index (χ0) is 13.4. The summed E-state index contributed by atoms with van der Waals surface area (Å²) in [5, 5.41) is 0. The van der Waals surface area contributed by atoms with E-state index in [4.69, 9.17) is 0 Å². The highest BCUT2D eigenvalue weighted by Crippen LogP contribution is 2.41. The van der Waals surface area contributed by atoms with Crippen molar-refractivity contribution in [1.29, 1.82) is 0 Å². The van der Waals surface area contributed by atoms with E-state index in [1.807, 2.05) is 0 Å². The zero-order valence-corrected chi connectivity index (χ0v) is 12.0. The molecule has 0 spiro atoms. The third-order valence-electron chi connectivity index (χ3n) is 5.38. The van der Waals surface area contributed by atoms with E-state index in [0.29, 0.717) is 0 Å². The third kappa shape index (κ3) is 2.08. The zero-order valence-electron chi connectivity index (χ0n) is 12.0. The van der Waals surface area contributed by atoms with Gasteiger partial charge in [0.1, 0.15) is 0 Å². The summed E-state index contributed by atoms with van der Waals surface area (Å²) < 4.78 is 0. The minimum absolute atomic E-state index is 0.818. The molecular formula is C20H22. The first kappa shape index (κ1) is 12.2. The molecular weight excluding hydrogens is 240 g/mol. The van der Waals surface area contributed by atoms with Gasteiger partial charge in [0.25, 0.3) is 0 Å². The Bertz CT molecular complexity index is 555. The maximum atomic E-state index is 2.36. The maximum absolute atomic E-state index is 2.36. The maximum Gasteiger partial charge on any atom is -0.0156 e. The predicted octanol–water partition coefficient (Wildman–Crippen LogP) is 5.23. The van der Waals surface area contributed by atoms with E-state index < -0.39 is 0 Å². The number of aryl methyl sites for hydroxylation is 2. The third-order valence-corrected chi connectivity index (χ3v) is 5.38. The van der Waals surface area contributed by atoms with Crippen LogP contribution in [0, 0.1) is 0 Å². The molecule has 2 aliphatic rings. The first-order chi connectivity index (χ1) is 9.92. The smallest absolute Gasteiger partial charge is 0.0156 e. The summed E-state index contributed by atoms with van der Waals surface area (Å²) in [7, 11) is 0. The van der Waals surface area contributed by atoms with Crippen molar-refractivity contribution in [2.45, 2.75) is 50.4 Å². The van der Waals surface area contributed by atoms with Crippen molar-refractivity contribution in [2.75, 3.05) is 0 Å². The van der Waals surface area contributed by atoms with Crippen molar-refractivity contribution in [3.05, 3.63) is 70.8 Å². The highest BCUT2D eigenvalue weighted by molar-refractivity contribution is 5.36. The van der Waals surface area contributed by atoms with Crippen LogP contribution >= 0.6 is 0 Å². The van der Waals surface area contributed by atoms with Gasteiger partial charge < -0.3 is 0 Å². The molecule has 2 aromatic rings. The number of rotatable bonds is 3. The SMILES string of the molecule is c1ccc2c(c1)CC[C@H]2CC[C@@H]1CCc2ccccc21.